The molecular weight excluding hydrogens is 362 g/mol. The molecule has 1 aromatic heterocycles. The van der Waals surface area contributed by atoms with Crippen molar-refractivity contribution in [2.45, 2.75) is 49.2 Å². The predicted molar refractivity (Wildman–Crippen MR) is 104 cm³/mol. The maximum absolute atomic E-state index is 12.6. The molecule has 6 nitrogen and oxygen atoms in total. The number of aryl methyl sites for hydroxylation is 1. The zero-order chi connectivity index (χ0) is 19.6. The molecule has 1 aliphatic heterocycles. The number of piperidine rings is 1. The fourth-order valence-electron chi connectivity index (χ4n) is 3.43. The van der Waals surface area contributed by atoms with E-state index in [1.54, 1.807) is 38.1 Å². The van der Waals surface area contributed by atoms with Gasteiger partial charge in [0.15, 0.2) is 9.84 Å². The van der Waals surface area contributed by atoms with Crippen LogP contribution in [0.1, 0.15) is 43.9 Å². The SMILES string of the molecule is CC(C)S(=O)(=O)c1ccc(CC(=O)N2CCC(c3ccn(C)n3)CC2)cc1. The van der Waals surface area contributed by atoms with Gasteiger partial charge in [-0.2, -0.15) is 5.10 Å². The van der Waals surface area contributed by atoms with Crippen LogP contribution in [-0.2, 0) is 28.1 Å². The van der Waals surface area contributed by atoms with Crippen molar-refractivity contribution in [3.05, 3.63) is 47.8 Å². The monoisotopic (exact) mass is 389 g/mol. The van der Waals surface area contributed by atoms with E-state index >= 15 is 0 Å². The first-order valence-corrected chi connectivity index (χ1v) is 10.9. The molecule has 146 valence electrons. The third-order valence-corrected chi connectivity index (χ3v) is 7.40. The average molecular weight is 390 g/mol. The van der Waals surface area contributed by atoms with E-state index in [2.05, 4.69) is 11.2 Å². The Labute approximate surface area is 161 Å². The molecule has 0 unspecified atom stereocenters. The standard InChI is InChI=1S/C20H27N3O3S/c1-15(2)27(25,26)18-6-4-16(5-7-18)14-20(24)23-12-8-17(9-13-23)19-10-11-22(3)21-19/h4-7,10-11,15,17H,8-9,12-14H2,1-3H3. The lowest BCUT2D eigenvalue weighted by Crippen LogP contribution is -2.38. The summed E-state index contributed by atoms with van der Waals surface area (Å²) >= 11 is 0. The summed E-state index contributed by atoms with van der Waals surface area (Å²) in [5.74, 6) is 0.504. The molecular formula is C20H27N3O3S. The van der Waals surface area contributed by atoms with Crippen LogP contribution >= 0.6 is 0 Å². The Morgan fingerprint density at radius 2 is 1.78 bits per heavy atom. The molecule has 1 aromatic carbocycles. The Bertz CT molecular complexity index is 893. The fraction of sp³-hybridized carbons (Fsp3) is 0.500. The van der Waals surface area contributed by atoms with Gasteiger partial charge in [0.05, 0.1) is 22.3 Å². The molecule has 0 N–H and O–H groups in total. The van der Waals surface area contributed by atoms with Gasteiger partial charge in [-0.15, -0.1) is 0 Å². The third-order valence-electron chi connectivity index (χ3n) is 5.23. The number of nitrogens with zero attached hydrogens (tertiary/aromatic N) is 3. The van der Waals surface area contributed by atoms with Crippen LogP contribution in [0, 0.1) is 0 Å². The molecule has 1 aliphatic rings. The van der Waals surface area contributed by atoms with Crippen molar-refractivity contribution in [1.82, 2.24) is 14.7 Å². The van der Waals surface area contributed by atoms with Crippen molar-refractivity contribution < 1.29 is 13.2 Å². The Kier molecular flexibility index (Phi) is 5.69. The van der Waals surface area contributed by atoms with Gasteiger partial charge in [0.1, 0.15) is 0 Å². The fourth-order valence-corrected chi connectivity index (χ4v) is 4.49. The summed E-state index contributed by atoms with van der Waals surface area (Å²) in [5, 5.41) is 4.02. The minimum absolute atomic E-state index is 0.0916. The van der Waals surface area contributed by atoms with Crippen molar-refractivity contribution in [3.8, 4) is 0 Å². The highest BCUT2D eigenvalue weighted by molar-refractivity contribution is 7.92. The number of hydrogen-bond donors (Lipinski definition) is 0. The zero-order valence-electron chi connectivity index (χ0n) is 16.1. The lowest BCUT2D eigenvalue weighted by atomic mass is 9.93. The minimum atomic E-state index is -3.28. The molecule has 1 saturated heterocycles. The highest BCUT2D eigenvalue weighted by Gasteiger charge is 2.25. The van der Waals surface area contributed by atoms with Crippen LogP contribution < -0.4 is 0 Å². The van der Waals surface area contributed by atoms with Crippen LogP contribution in [0.4, 0.5) is 0 Å². The first-order valence-electron chi connectivity index (χ1n) is 9.37. The lowest BCUT2D eigenvalue weighted by molar-refractivity contribution is -0.131. The van der Waals surface area contributed by atoms with Crippen molar-refractivity contribution in [1.29, 1.82) is 0 Å². The van der Waals surface area contributed by atoms with Crippen LogP contribution in [-0.4, -0.2) is 47.3 Å². The molecule has 0 aliphatic carbocycles. The summed E-state index contributed by atoms with van der Waals surface area (Å²) in [6, 6.07) is 8.74. The maximum Gasteiger partial charge on any atom is 0.226 e. The summed E-state index contributed by atoms with van der Waals surface area (Å²) in [6.45, 7) is 4.81. The number of aromatic nitrogens is 2. The van der Waals surface area contributed by atoms with E-state index in [1.807, 2.05) is 22.8 Å². The number of amides is 1. The van der Waals surface area contributed by atoms with Gasteiger partial charge in [0.2, 0.25) is 5.91 Å². The van der Waals surface area contributed by atoms with Crippen molar-refractivity contribution >= 4 is 15.7 Å². The van der Waals surface area contributed by atoms with Crippen LogP contribution in [0.2, 0.25) is 0 Å². The van der Waals surface area contributed by atoms with Crippen LogP contribution in [0.15, 0.2) is 41.4 Å². The largest absolute Gasteiger partial charge is 0.342 e. The van der Waals surface area contributed by atoms with Gasteiger partial charge in [-0.1, -0.05) is 12.1 Å². The van der Waals surface area contributed by atoms with Gasteiger partial charge in [0.25, 0.3) is 0 Å². The van der Waals surface area contributed by atoms with Gasteiger partial charge in [-0.3, -0.25) is 9.48 Å². The molecule has 0 atom stereocenters. The predicted octanol–water partition coefficient (Wildman–Crippen LogP) is 2.55. The van der Waals surface area contributed by atoms with E-state index in [4.69, 9.17) is 0 Å². The Morgan fingerprint density at radius 3 is 2.30 bits per heavy atom. The topological polar surface area (TPSA) is 72.3 Å². The summed E-state index contributed by atoms with van der Waals surface area (Å²) in [6.07, 6.45) is 4.11. The lowest BCUT2D eigenvalue weighted by Gasteiger charge is -2.31. The first kappa shape index (κ1) is 19.6. The van der Waals surface area contributed by atoms with E-state index in [0.29, 0.717) is 17.2 Å². The Balaban J connectivity index is 1.57. The molecule has 2 heterocycles. The average Bonchev–Trinajstić information content (AvgIpc) is 3.08. The maximum atomic E-state index is 12.6. The summed E-state index contributed by atoms with van der Waals surface area (Å²) < 4.78 is 26.2. The second kappa shape index (κ2) is 7.84. The van der Waals surface area contributed by atoms with E-state index in [-0.39, 0.29) is 5.91 Å². The molecule has 0 saturated carbocycles. The highest BCUT2D eigenvalue weighted by Crippen LogP contribution is 2.27. The molecule has 7 heteroatoms. The van der Waals surface area contributed by atoms with Crippen molar-refractivity contribution in [3.63, 3.8) is 0 Å². The first-order chi connectivity index (χ1) is 12.8. The van der Waals surface area contributed by atoms with E-state index in [9.17, 15) is 13.2 Å². The summed E-state index contributed by atoms with van der Waals surface area (Å²) in [4.78, 5) is 14.8. The number of carbonyl (C=O) groups excluding carboxylic acids is 1. The molecule has 0 spiro atoms. The number of rotatable bonds is 5. The van der Waals surface area contributed by atoms with Crippen LogP contribution in [0.5, 0.6) is 0 Å². The van der Waals surface area contributed by atoms with E-state index in [0.717, 1.165) is 37.2 Å². The molecule has 3 rings (SSSR count). The number of benzene rings is 1. The summed E-state index contributed by atoms with van der Waals surface area (Å²) in [7, 11) is -1.36. The number of likely N-dealkylation sites (tertiary alicyclic amines) is 1. The number of hydrogen-bond acceptors (Lipinski definition) is 4. The highest BCUT2D eigenvalue weighted by atomic mass is 32.2. The molecule has 1 amide bonds. The third kappa shape index (κ3) is 4.40. The smallest absolute Gasteiger partial charge is 0.226 e. The van der Waals surface area contributed by atoms with Gasteiger partial charge in [0, 0.05) is 32.3 Å². The second-order valence-electron chi connectivity index (χ2n) is 7.48. The van der Waals surface area contributed by atoms with Crippen LogP contribution in [0.3, 0.4) is 0 Å². The Morgan fingerprint density at radius 1 is 1.15 bits per heavy atom. The molecule has 27 heavy (non-hydrogen) atoms. The summed E-state index contributed by atoms with van der Waals surface area (Å²) in [5.41, 5.74) is 1.95. The second-order valence-corrected chi connectivity index (χ2v) is 9.99. The number of carbonyl (C=O) groups is 1. The Hall–Kier alpha value is -2.15. The van der Waals surface area contributed by atoms with Crippen molar-refractivity contribution in [2.24, 2.45) is 7.05 Å². The molecule has 0 radical (unpaired) electrons. The van der Waals surface area contributed by atoms with Crippen molar-refractivity contribution in [2.75, 3.05) is 13.1 Å². The number of sulfone groups is 1. The van der Waals surface area contributed by atoms with Gasteiger partial charge in [-0.25, -0.2) is 8.42 Å². The van der Waals surface area contributed by atoms with Gasteiger partial charge in [-0.05, 0) is 50.5 Å². The minimum Gasteiger partial charge on any atom is -0.342 e. The molecule has 2 aromatic rings. The molecule has 1 fully saturated rings. The van der Waals surface area contributed by atoms with Gasteiger partial charge >= 0.3 is 0 Å². The molecule has 0 bridgehead atoms. The quantitative estimate of drug-likeness (QED) is 0.788. The van der Waals surface area contributed by atoms with Gasteiger partial charge < -0.3 is 4.90 Å². The zero-order valence-corrected chi connectivity index (χ0v) is 16.9. The van der Waals surface area contributed by atoms with Crippen LogP contribution in [0.25, 0.3) is 0 Å². The van der Waals surface area contributed by atoms with E-state index in [1.165, 1.54) is 0 Å². The normalized spacial score (nSPS) is 16.1. The van der Waals surface area contributed by atoms with E-state index < -0.39 is 15.1 Å².